The maximum Gasteiger partial charge on any atom is 0.262 e. The Kier molecular flexibility index (Phi) is 5.25. The largest absolute Gasteiger partial charge is 0.463 e. The number of furan rings is 1. The molecule has 30 heavy (non-hydrogen) atoms. The number of hydrogen-bond acceptors (Lipinski definition) is 6. The Hall–Kier alpha value is -3.64. The van der Waals surface area contributed by atoms with Gasteiger partial charge in [-0.3, -0.25) is 4.79 Å². The first-order valence-corrected chi connectivity index (χ1v) is 11.1. The van der Waals surface area contributed by atoms with Gasteiger partial charge in [-0.15, -0.1) is 0 Å². The van der Waals surface area contributed by atoms with Gasteiger partial charge >= 0.3 is 0 Å². The van der Waals surface area contributed by atoms with E-state index in [-0.39, 0.29) is 17.1 Å². The standard InChI is InChI=1S/C21H18N4O4S/c22-12-15(21(26)23-17-8-10-30(27,28)14-17)11-16-13-25(18-5-2-1-3-6-18)24-20(16)19-7-4-9-29-19/h1-7,9,11,13,17H,8,10,14H2,(H,23,26)/b15-11+/t17-/m1/s1. The van der Waals surface area contributed by atoms with Crippen LogP contribution in [0.1, 0.15) is 12.0 Å². The average Bonchev–Trinajstić information content (AvgIpc) is 3.46. The van der Waals surface area contributed by atoms with E-state index in [9.17, 15) is 18.5 Å². The van der Waals surface area contributed by atoms with E-state index in [4.69, 9.17) is 4.42 Å². The van der Waals surface area contributed by atoms with Crippen LogP contribution in [0.2, 0.25) is 0 Å². The van der Waals surface area contributed by atoms with Crippen molar-refractivity contribution in [2.45, 2.75) is 12.5 Å². The minimum Gasteiger partial charge on any atom is -0.463 e. The summed E-state index contributed by atoms with van der Waals surface area (Å²) in [7, 11) is -3.14. The lowest BCUT2D eigenvalue weighted by Crippen LogP contribution is -2.36. The first kappa shape index (κ1) is 19.7. The number of carbonyl (C=O) groups is 1. The van der Waals surface area contributed by atoms with Crippen molar-refractivity contribution in [1.29, 1.82) is 5.26 Å². The van der Waals surface area contributed by atoms with Crippen LogP contribution in [-0.2, 0) is 14.6 Å². The van der Waals surface area contributed by atoms with Gasteiger partial charge in [0.2, 0.25) is 0 Å². The molecular weight excluding hydrogens is 404 g/mol. The highest BCUT2D eigenvalue weighted by Gasteiger charge is 2.29. The summed E-state index contributed by atoms with van der Waals surface area (Å²) in [5.41, 5.74) is 1.68. The number of para-hydroxylation sites is 1. The molecule has 0 unspecified atom stereocenters. The SMILES string of the molecule is N#C/C(=C\c1cn(-c2ccccc2)nc1-c1ccco1)C(=O)N[C@@H]1CCS(=O)(=O)C1. The van der Waals surface area contributed by atoms with Crippen LogP contribution in [0.5, 0.6) is 0 Å². The van der Waals surface area contributed by atoms with Gasteiger partial charge in [0.15, 0.2) is 15.6 Å². The maximum atomic E-state index is 12.6. The van der Waals surface area contributed by atoms with Crippen molar-refractivity contribution < 1.29 is 17.6 Å². The molecule has 0 radical (unpaired) electrons. The summed E-state index contributed by atoms with van der Waals surface area (Å²) in [6, 6.07) is 14.3. The second kappa shape index (κ2) is 8.00. The molecule has 4 rings (SSSR count). The minimum absolute atomic E-state index is 0.0377. The first-order chi connectivity index (χ1) is 14.4. The number of aromatic nitrogens is 2. The molecule has 152 valence electrons. The van der Waals surface area contributed by atoms with Gasteiger partial charge in [0.25, 0.3) is 5.91 Å². The molecule has 0 aliphatic carbocycles. The van der Waals surface area contributed by atoms with E-state index in [1.165, 1.54) is 12.3 Å². The fourth-order valence-corrected chi connectivity index (χ4v) is 4.96. The maximum absolute atomic E-state index is 12.6. The molecule has 0 spiro atoms. The molecule has 1 fully saturated rings. The molecule has 2 aromatic heterocycles. The summed E-state index contributed by atoms with van der Waals surface area (Å²) in [6.07, 6.45) is 5.00. The molecule has 0 saturated carbocycles. The van der Waals surface area contributed by atoms with Crippen molar-refractivity contribution in [2.24, 2.45) is 0 Å². The zero-order chi connectivity index (χ0) is 21.1. The summed E-state index contributed by atoms with van der Waals surface area (Å²) in [4.78, 5) is 12.6. The number of hydrogen-bond donors (Lipinski definition) is 1. The van der Waals surface area contributed by atoms with Gasteiger partial charge in [0, 0.05) is 17.8 Å². The molecule has 1 N–H and O–H groups in total. The monoisotopic (exact) mass is 422 g/mol. The number of carbonyl (C=O) groups excluding carboxylic acids is 1. The molecule has 1 aromatic carbocycles. The Labute approximate surface area is 173 Å². The minimum atomic E-state index is -3.14. The van der Waals surface area contributed by atoms with E-state index in [2.05, 4.69) is 10.4 Å². The number of nitriles is 1. The summed E-state index contributed by atoms with van der Waals surface area (Å²) in [6.45, 7) is 0. The molecule has 0 bridgehead atoms. The zero-order valence-electron chi connectivity index (χ0n) is 15.9. The van der Waals surface area contributed by atoms with E-state index in [1.807, 2.05) is 36.4 Å². The van der Waals surface area contributed by atoms with Crippen LogP contribution < -0.4 is 5.32 Å². The number of nitrogens with zero attached hydrogens (tertiary/aromatic N) is 3. The van der Waals surface area contributed by atoms with Gasteiger partial charge in [-0.05, 0) is 36.8 Å². The lowest BCUT2D eigenvalue weighted by Gasteiger charge is -2.09. The van der Waals surface area contributed by atoms with Crippen molar-refractivity contribution >= 4 is 21.8 Å². The molecule has 1 atom stereocenters. The highest BCUT2D eigenvalue weighted by molar-refractivity contribution is 7.91. The fourth-order valence-electron chi connectivity index (χ4n) is 3.29. The average molecular weight is 422 g/mol. The summed E-state index contributed by atoms with van der Waals surface area (Å²) >= 11 is 0. The van der Waals surface area contributed by atoms with Crippen molar-refractivity contribution in [3.05, 3.63) is 66.1 Å². The number of sulfone groups is 1. The molecule has 8 nitrogen and oxygen atoms in total. The van der Waals surface area contributed by atoms with Crippen LogP contribution in [0, 0.1) is 11.3 Å². The molecule has 3 aromatic rings. The summed E-state index contributed by atoms with van der Waals surface area (Å²) in [5, 5.41) is 16.7. The van der Waals surface area contributed by atoms with Crippen molar-refractivity contribution in [1.82, 2.24) is 15.1 Å². The Balaban J connectivity index is 1.67. The Morgan fingerprint density at radius 2 is 2.07 bits per heavy atom. The molecule has 1 saturated heterocycles. The normalized spacial score (nSPS) is 18.1. The third kappa shape index (κ3) is 4.18. The lowest BCUT2D eigenvalue weighted by atomic mass is 10.1. The molecule has 1 aliphatic rings. The van der Waals surface area contributed by atoms with Crippen LogP contribution in [0.4, 0.5) is 0 Å². The second-order valence-electron chi connectivity index (χ2n) is 6.93. The second-order valence-corrected chi connectivity index (χ2v) is 9.16. The molecule has 3 heterocycles. The van der Waals surface area contributed by atoms with E-state index >= 15 is 0 Å². The molecule has 1 aliphatic heterocycles. The third-order valence-corrected chi connectivity index (χ3v) is 6.52. The van der Waals surface area contributed by atoms with E-state index in [1.54, 1.807) is 23.0 Å². The quantitative estimate of drug-likeness (QED) is 0.498. The van der Waals surface area contributed by atoms with E-state index in [0.717, 1.165) is 5.69 Å². The zero-order valence-corrected chi connectivity index (χ0v) is 16.7. The number of amides is 1. The van der Waals surface area contributed by atoms with Crippen LogP contribution in [0.15, 0.2) is 64.9 Å². The van der Waals surface area contributed by atoms with E-state index < -0.39 is 21.8 Å². The number of benzene rings is 1. The van der Waals surface area contributed by atoms with Gasteiger partial charge in [0.1, 0.15) is 17.3 Å². The summed E-state index contributed by atoms with van der Waals surface area (Å²) in [5.74, 6) is -0.190. The van der Waals surface area contributed by atoms with Gasteiger partial charge in [-0.1, -0.05) is 18.2 Å². The van der Waals surface area contributed by atoms with Gasteiger partial charge < -0.3 is 9.73 Å². The molecule has 1 amide bonds. The topological polar surface area (TPSA) is 118 Å². The smallest absolute Gasteiger partial charge is 0.262 e. The molecular formula is C21H18N4O4S. The Bertz CT molecular complexity index is 1240. The van der Waals surface area contributed by atoms with Crippen LogP contribution >= 0.6 is 0 Å². The highest BCUT2D eigenvalue weighted by atomic mass is 32.2. The van der Waals surface area contributed by atoms with Crippen molar-refractivity contribution in [3.8, 4) is 23.2 Å². The summed E-state index contributed by atoms with van der Waals surface area (Å²) < 4.78 is 30.3. The van der Waals surface area contributed by atoms with Gasteiger partial charge in [-0.25, -0.2) is 13.1 Å². The van der Waals surface area contributed by atoms with Crippen molar-refractivity contribution in [2.75, 3.05) is 11.5 Å². The van der Waals surface area contributed by atoms with Crippen LogP contribution in [0.3, 0.4) is 0 Å². The van der Waals surface area contributed by atoms with Crippen LogP contribution in [0.25, 0.3) is 23.2 Å². The highest BCUT2D eigenvalue weighted by Crippen LogP contribution is 2.26. The molecule has 9 heteroatoms. The van der Waals surface area contributed by atoms with Gasteiger partial charge in [-0.2, -0.15) is 10.4 Å². The van der Waals surface area contributed by atoms with E-state index in [0.29, 0.717) is 23.4 Å². The fraction of sp³-hybridized carbons (Fsp3) is 0.190. The number of rotatable bonds is 5. The Morgan fingerprint density at radius 3 is 2.70 bits per heavy atom. The first-order valence-electron chi connectivity index (χ1n) is 9.27. The van der Waals surface area contributed by atoms with Crippen LogP contribution in [-0.4, -0.2) is 41.7 Å². The van der Waals surface area contributed by atoms with Crippen molar-refractivity contribution in [3.63, 3.8) is 0 Å². The third-order valence-electron chi connectivity index (χ3n) is 4.75. The number of nitrogens with one attached hydrogen (secondary N) is 1. The van der Waals surface area contributed by atoms with Gasteiger partial charge in [0.05, 0.1) is 23.5 Å². The lowest BCUT2D eigenvalue weighted by molar-refractivity contribution is -0.117. The predicted octanol–water partition coefficient (Wildman–Crippen LogP) is 2.34. The predicted molar refractivity (Wildman–Crippen MR) is 110 cm³/mol. The Morgan fingerprint density at radius 1 is 1.27 bits per heavy atom.